The fraction of sp³-hybridized carbons (Fsp3) is 0.579. The first-order valence-electron chi connectivity index (χ1n) is 9.86. The molecule has 7 nitrogen and oxygen atoms in total. The van der Waals surface area contributed by atoms with Crippen molar-refractivity contribution < 1.29 is 8.42 Å². The lowest BCUT2D eigenvalue weighted by molar-refractivity contribution is 0.383. The molecule has 0 radical (unpaired) electrons. The van der Waals surface area contributed by atoms with Crippen LogP contribution in [0, 0.1) is 13.8 Å². The summed E-state index contributed by atoms with van der Waals surface area (Å²) < 4.78 is 27.7. The Kier molecular flexibility index (Phi) is 5.57. The number of aryl methyl sites for hydroxylation is 2. The van der Waals surface area contributed by atoms with Crippen molar-refractivity contribution in [2.45, 2.75) is 37.3 Å². The van der Waals surface area contributed by atoms with Crippen LogP contribution in [0.5, 0.6) is 0 Å². The molecular formula is C19H27N5O2S2. The maximum atomic E-state index is 12.8. The number of thiophene rings is 1. The Balaban J connectivity index is 1.47. The third kappa shape index (κ3) is 4.01. The van der Waals surface area contributed by atoms with Crippen LogP contribution < -0.4 is 9.80 Å². The molecule has 28 heavy (non-hydrogen) atoms. The molecule has 0 aliphatic carbocycles. The predicted molar refractivity (Wildman–Crippen MR) is 113 cm³/mol. The molecule has 2 fully saturated rings. The van der Waals surface area contributed by atoms with E-state index < -0.39 is 10.0 Å². The quantitative estimate of drug-likeness (QED) is 0.756. The molecule has 2 aromatic heterocycles. The molecule has 4 heterocycles. The molecule has 2 aliphatic heterocycles. The molecule has 0 aromatic carbocycles. The van der Waals surface area contributed by atoms with Crippen LogP contribution in [0.3, 0.4) is 0 Å². The van der Waals surface area contributed by atoms with E-state index in [1.165, 1.54) is 30.6 Å². The number of sulfonamides is 1. The van der Waals surface area contributed by atoms with E-state index in [-0.39, 0.29) is 0 Å². The summed E-state index contributed by atoms with van der Waals surface area (Å²) in [4.78, 5) is 14.9. The van der Waals surface area contributed by atoms with Crippen LogP contribution in [0.2, 0.25) is 0 Å². The Hall–Kier alpha value is -1.71. The van der Waals surface area contributed by atoms with Crippen molar-refractivity contribution in [3.63, 3.8) is 0 Å². The number of hydrogen-bond donors (Lipinski definition) is 0. The van der Waals surface area contributed by atoms with E-state index in [1.54, 1.807) is 10.4 Å². The second-order valence-electron chi connectivity index (χ2n) is 7.47. The van der Waals surface area contributed by atoms with Gasteiger partial charge in [0.1, 0.15) is 10.0 Å². The summed E-state index contributed by atoms with van der Waals surface area (Å²) in [7, 11) is -3.40. The zero-order valence-corrected chi connectivity index (χ0v) is 18.1. The number of anilines is 2. The maximum absolute atomic E-state index is 12.8. The zero-order chi connectivity index (χ0) is 19.7. The van der Waals surface area contributed by atoms with Gasteiger partial charge in [-0.1, -0.05) is 0 Å². The summed E-state index contributed by atoms with van der Waals surface area (Å²) in [6.07, 6.45) is 3.70. The average molecular weight is 422 g/mol. The van der Waals surface area contributed by atoms with E-state index in [0.717, 1.165) is 29.5 Å². The van der Waals surface area contributed by atoms with Gasteiger partial charge >= 0.3 is 0 Å². The van der Waals surface area contributed by atoms with Gasteiger partial charge in [-0.2, -0.15) is 9.29 Å². The molecule has 0 N–H and O–H groups in total. The molecule has 2 aliphatic rings. The van der Waals surface area contributed by atoms with Crippen LogP contribution in [0.1, 0.15) is 29.8 Å². The number of nitrogens with zero attached hydrogens (tertiary/aromatic N) is 5. The third-order valence-corrected chi connectivity index (χ3v) is 8.71. The lowest BCUT2D eigenvalue weighted by atomic mass is 10.1. The molecule has 9 heteroatoms. The monoisotopic (exact) mass is 421 g/mol. The summed E-state index contributed by atoms with van der Waals surface area (Å²) in [5.74, 6) is 1.70. The first-order chi connectivity index (χ1) is 13.4. The molecule has 0 spiro atoms. The van der Waals surface area contributed by atoms with Crippen molar-refractivity contribution in [2.75, 3.05) is 49.1 Å². The highest BCUT2D eigenvalue weighted by Crippen LogP contribution is 2.26. The normalized spacial score (nSPS) is 19.2. The number of piperidine rings is 1. The van der Waals surface area contributed by atoms with Crippen LogP contribution >= 0.6 is 11.3 Å². The van der Waals surface area contributed by atoms with Crippen molar-refractivity contribution in [1.29, 1.82) is 0 Å². The molecule has 0 saturated carbocycles. The Morgan fingerprint density at radius 1 is 0.893 bits per heavy atom. The smallest absolute Gasteiger partial charge is 0.252 e. The van der Waals surface area contributed by atoms with E-state index in [4.69, 9.17) is 4.98 Å². The number of piperazine rings is 1. The van der Waals surface area contributed by atoms with Gasteiger partial charge in [0.05, 0.1) is 0 Å². The lowest BCUT2D eigenvalue weighted by Crippen LogP contribution is -2.49. The largest absolute Gasteiger partial charge is 0.356 e. The highest BCUT2D eigenvalue weighted by Gasteiger charge is 2.30. The van der Waals surface area contributed by atoms with Gasteiger partial charge in [-0.15, -0.1) is 11.3 Å². The molecule has 2 aromatic rings. The second kappa shape index (κ2) is 7.96. The minimum Gasteiger partial charge on any atom is -0.356 e. The summed E-state index contributed by atoms with van der Waals surface area (Å²) in [5, 5.41) is 0. The summed E-state index contributed by atoms with van der Waals surface area (Å²) >= 11 is 1.33. The lowest BCUT2D eigenvalue weighted by Gasteiger charge is -2.34. The van der Waals surface area contributed by atoms with Gasteiger partial charge in [-0.25, -0.2) is 13.4 Å². The van der Waals surface area contributed by atoms with E-state index >= 15 is 0 Å². The molecule has 4 rings (SSSR count). The van der Waals surface area contributed by atoms with E-state index in [9.17, 15) is 8.42 Å². The highest BCUT2D eigenvalue weighted by molar-refractivity contribution is 7.91. The topological polar surface area (TPSA) is 69.6 Å². The van der Waals surface area contributed by atoms with E-state index in [0.29, 0.717) is 36.3 Å². The van der Waals surface area contributed by atoms with Crippen molar-refractivity contribution >= 4 is 33.1 Å². The SMILES string of the molecule is Cc1cc(N2CCCCC2)nc(N2CCN(S(=O)(=O)c3ccc(C)s3)CC2)n1. The number of aromatic nitrogens is 2. The van der Waals surface area contributed by atoms with Crippen LogP contribution in [-0.4, -0.2) is 62.0 Å². The summed E-state index contributed by atoms with van der Waals surface area (Å²) in [6, 6.07) is 5.61. The Bertz CT molecular complexity index is 930. The second-order valence-corrected chi connectivity index (χ2v) is 10.9. The molecular weight excluding hydrogens is 394 g/mol. The Labute approximate surface area is 171 Å². The molecule has 0 unspecified atom stereocenters. The fourth-order valence-electron chi connectivity index (χ4n) is 3.77. The third-order valence-electron chi connectivity index (χ3n) is 5.34. The average Bonchev–Trinajstić information content (AvgIpc) is 3.15. The first kappa shape index (κ1) is 19.6. The first-order valence-corrected chi connectivity index (χ1v) is 12.1. The van der Waals surface area contributed by atoms with Crippen LogP contribution in [0.15, 0.2) is 22.4 Å². The zero-order valence-electron chi connectivity index (χ0n) is 16.5. The van der Waals surface area contributed by atoms with Gasteiger partial charge in [-0.3, -0.25) is 0 Å². The summed E-state index contributed by atoms with van der Waals surface area (Å²) in [5.41, 5.74) is 0.953. The van der Waals surface area contributed by atoms with Gasteiger partial charge in [0, 0.05) is 55.9 Å². The Morgan fingerprint density at radius 2 is 1.61 bits per heavy atom. The maximum Gasteiger partial charge on any atom is 0.252 e. The van der Waals surface area contributed by atoms with E-state index in [2.05, 4.69) is 20.9 Å². The van der Waals surface area contributed by atoms with Gasteiger partial charge in [0.25, 0.3) is 10.0 Å². The van der Waals surface area contributed by atoms with Crippen molar-refractivity contribution in [2.24, 2.45) is 0 Å². The minimum absolute atomic E-state index is 0.428. The molecule has 0 atom stereocenters. The van der Waals surface area contributed by atoms with Gasteiger partial charge in [0.2, 0.25) is 5.95 Å². The fourth-order valence-corrected chi connectivity index (χ4v) is 6.63. The van der Waals surface area contributed by atoms with Crippen LogP contribution in [0.25, 0.3) is 0 Å². The highest BCUT2D eigenvalue weighted by atomic mass is 32.2. The van der Waals surface area contributed by atoms with Crippen molar-refractivity contribution in [1.82, 2.24) is 14.3 Å². The predicted octanol–water partition coefficient (Wildman–Crippen LogP) is 2.66. The molecule has 2 saturated heterocycles. The van der Waals surface area contributed by atoms with Gasteiger partial charge < -0.3 is 9.80 Å². The van der Waals surface area contributed by atoms with Crippen molar-refractivity contribution in [3.05, 3.63) is 28.8 Å². The Morgan fingerprint density at radius 3 is 2.25 bits per heavy atom. The molecule has 152 valence electrons. The van der Waals surface area contributed by atoms with Gasteiger partial charge in [0.15, 0.2) is 0 Å². The minimum atomic E-state index is -3.40. The van der Waals surface area contributed by atoms with E-state index in [1.807, 2.05) is 19.9 Å². The van der Waals surface area contributed by atoms with Crippen LogP contribution in [0.4, 0.5) is 11.8 Å². The molecule has 0 bridgehead atoms. The standard InChI is InChI=1S/C19H27N5O2S2/c1-15-14-17(22-8-4-3-5-9-22)21-19(20-15)23-10-12-24(13-11-23)28(25,26)18-7-6-16(2)27-18/h6-7,14H,3-5,8-13H2,1-2H3. The number of rotatable bonds is 4. The molecule has 0 amide bonds. The number of hydrogen-bond acceptors (Lipinski definition) is 7. The van der Waals surface area contributed by atoms with Crippen molar-refractivity contribution in [3.8, 4) is 0 Å². The van der Waals surface area contributed by atoms with Crippen LogP contribution in [-0.2, 0) is 10.0 Å². The van der Waals surface area contributed by atoms with Gasteiger partial charge in [-0.05, 0) is 45.2 Å². The summed E-state index contributed by atoms with van der Waals surface area (Å²) in [6.45, 7) is 8.13.